The first-order valence-electron chi connectivity index (χ1n) is 18.5. The van der Waals surface area contributed by atoms with Gasteiger partial charge in [-0.25, -0.2) is 4.98 Å². The van der Waals surface area contributed by atoms with Crippen LogP contribution >= 0.6 is 24.2 Å². The van der Waals surface area contributed by atoms with E-state index in [0.717, 1.165) is 50.9 Å². The minimum atomic E-state index is -0.749. The molecule has 2 aromatic rings. The predicted octanol–water partition coefficient (Wildman–Crippen LogP) is 4.13. The van der Waals surface area contributed by atoms with Crippen LogP contribution in [0.1, 0.15) is 83.3 Å². The molecule has 4 fully saturated rings. The molecule has 2 N–H and O–H groups in total. The second-order valence-corrected chi connectivity index (χ2v) is 16.1. The summed E-state index contributed by atoms with van der Waals surface area (Å²) in [5, 5.41) is 14.9. The molecule has 1 aliphatic carbocycles. The number of ether oxygens (including phenoxy) is 1. The molecule has 0 radical (unpaired) electrons. The SMILES string of the molecule is C[C@@H]1CN(CCOC2CCC(N3C(S)N(c4ccc(C#N)c(Cl)c4)C(=O)C3(C)C)CC2)C[C@H](C)N1CC(=O)Nc1cc(C2CCC(=O)NC2=O)ccn1. The van der Waals surface area contributed by atoms with Crippen molar-refractivity contribution in [3.05, 3.63) is 52.7 Å². The van der Waals surface area contributed by atoms with Gasteiger partial charge in [0.05, 0.1) is 41.3 Å². The summed E-state index contributed by atoms with van der Waals surface area (Å²) in [6.45, 7) is 11.5. The Bertz CT molecular complexity index is 1750. The number of carbonyl (C=O) groups excluding carboxylic acids is 4. The van der Waals surface area contributed by atoms with E-state index < -0.39 is 17.0 Å². The summed E-state index contributed by atoms with van der Waals surface area (Å²) in [7, 11) is 0. The lowest BCUT2D eigenvalue weighted by Crippen LogP contribution is -2.58. The number of aromatic nitrogens is 1. The number of piperidine rings is 1. The molecule has 2 unspecified atom stereocenters. The van der Waals surface area contributed by atoms with Crippen LogP contribution in [0.5, 0.6) is 0 Å². The number of piperazine rings is 1. The summed E-state index contributed by atoms with van der Waals surface area (Å²) in [5.41, 5.74) is 0.520. The largest absolute Gasteiger partial charge is 0.377 e. The van der Waals surface area contributed by atoms with Gasteiger partial charge >= 0.3 is 0 Å². The normalized spacial score (nSPS) is 28.5. The van der Waals surface area contributed by atoms with Crippen molar-refractivity contribution in [1.82, 2.24) is 25.0 Å². The van der Waals surface area contributed by atoms with Crippen molar-refractivity contribution in [2.75, 3.05) is 43.0 Å². The first-order chi connectivity index (χ1) is 25.3. The Morgan fingerprint density at radius 1 is 1.09 bits per heavy atom. The zero-order chi connectivity index (χ0) is 38.0. The summed E-state index contributed by atoms with van der Waals surface area (Å²) in [6.07, 6.45) is 6.03. The molecule has 4 amide bonds. The second kappa shape index (κ2) is 16.4. The van der Waals surface area contributed by atoms with E-state index in [4.69, 9.17) is 29.0 Å². The number of imide groups is 1. The first-order valence-corrected chi connectivity index (χ1v) is 19.3. The third-order valence-corrected chi connectivity index (χ3v) is 12.0. The van der Waals surface area contributed by atoms with Crippen molar-refractivity contribution in [3.63, 3.8) is 0 Å². The van der Waals surface area contributed by atoms with Crippen LogP contribution in [0.25, 0.3) is 0 Å². The van der Waals surface area contributed by atoms with E-state index in [2.05, 4.69) is 50.2 Å². The van der Waals surface area contributed by atoms with Crippen molar-refractivity contribution >= 4 is 59.4 Å². The molecule has 4 atom stereocenters. The molecule has 1 saturated carbocycles. The van der Waals surface area contributed by atoms with Crippen LogP contribution in [-0.2, 0) is 23.9 Å². The van der Waals surface area contributed by atoms with Crippen LogP contribution in [0.4, 0.5) is 11.5 Å². The summed E-state index contributed by atoms with van der Waals surface area (Å²) in [5.74, 6) is -0.851. The van der Waals surface area contributed by atoms with Crippen LogP contribution < -0.4 is 15.5 Å². The van der Waals surface area contributed by atoms with Gasteiger partial charge in [0, 0.05) is 56.1 Å². The zero-order valence-corrected chi connectivity index (χ0v) is 32.4. The van der Waals surface area contributed by atoms with E-state index in [-0.39, 0.29) is 60.8 Å². The number of nitrogens with zero attached hydrogens (tertiary/aromatic N) is 6. The quantitative estimate of drug-likeness (QED) is 0.238. The number of benzene rings is 1. The molecule has 3 aliphatic heterocycles. The monoisotopic (exact) mass is 764 g/mol. The number of rotatable bonds is 10. The topological polar surface area (TPSA) is 151 Å². The minimum absolute atomic E-state index is 0.0466. The Morgan fingerprint density at radius 3 is 2.47 bits per heavy atom. The highest BCUT2D eigenvalue weighted by Crippen LogP contribution is 2.42. The van der Waals surface area contributed by atoms with Crippen LogP contribution in [-0.4, -0.2) is 111 Å². The fraction of sp³-hybridized carbons (Fsp3) is 0.579. The molecular weight excluding hydrogens is 716 g/mol. The number of hydrogen-bond donors (Lipinski definition) is 3. The van der Waals surface area contributed by atoms with Crippen molar-refractivity contribution < 1.29 is 23.9 Å². The lowest BCUT2D eigenvalue weighted by atomic mass is 9.89. The molecule has 13 nitrogen and oxygen atoms in total. The van der Waals surface area contributed by atoms with Crippen molar-refractivity contribution in [3.8, 4) is 6.07 Å². The van der Waals surface area contributed by atoms with Gasteiger partial charge in [-0.15, -0.1) is 12.6 Å². The Morgan fingerprint density at radius 2 is 1.81 bits per heavy atom. The van der Waals surface area contributed by atoms with E-state index in [1.807, 2.05) is 13.8 Å². The Balaban J connectivity index is 0.937. The number of pyridine rings is 1. The number of nitrogens with one attached hydrogen (secondary N) is 2. The van der Waals surface area contributed by atoms with Gasteiger partial charge in [0.15, 0.2) is 0 Å². The second-order valence-electron chi connectivity index (χ2n) is 15.2. The molecule has 0 spiro atoms. The van der Waals surface area contributed by atoms with Crippen LogP contribution in [0, 0.1) is 11.3 Å². The molecule has 3 saturated heterocycles. The third-order valence-electron chi connectivity index (χ3n) is 11.2. The summed E-state index contributed by atoms with van der Waals surface area (Å²) in [4.78, 5) is 63.4. The van der Waals surface area contributed by atoms with Gasteiger partial charge in [-0.1, -0.05) is 11.6 Å². The number of carbonyl (C=O) groups is 4. The number of thiol groups is 1. The molecule has 4 heterocycles. The van der Waals surface area contributed by atoms with E-state index in [1.165, 1.54) is 0 Å². The molecule has 1 aromatic heterocycles. The standard InChI is InChI=1S/C38H49ClN8O5S/c1-23-20-44(21-24(2)45(23)22-34(49)42-32-17-25(13-14-41-32)30-11-12-33(48)43-35(30)50)15-16-52-29-9-7-27(8-10-29)47-37(53)46(36(51)38(47,3)4)28-6-5-26(19-40)31(39)18-28/h5-6,13-14,17-18,23-24,27,29-30,37,53H,7-12,15-16,20-22H2,1-4H3,(H,41,42,49)(H,43,48,50)/t23-,24+,27?,29?,30?,37?. The third kappa shape index (κ3) is 8.56. The number of nitriles is 1. The highest BCUT2D eigenvalue weighted by atomic mass is 35.5. The number of hydrogen-bond acceptors (Lipinski definition) is 11. The van der Waals surface area contributed by atoms with Gasteiger partial charge in [0.1, 0.15) is 17.4 Å². The van der Waals surface area contributed by atoms with Gasteiger partial charge in [0.2, 0.25) is 23.6 Å². The first kappa shape index (κ1) is 39.1. The van der Waals surface area contributed by atoms with E-state index in [1.54, 1.807) is 41.4 Å². The average molecular weight is 765 g/mol. The van der Waals surface area contributed by atoms with Crippen LogP contribution in [0.15, 0.2) is 36.5 Å². The maximum Gasteiger partial charge on any atom is 0.249 e. The molecule has 53 heavy (non-hydrogen) atoms. The van der Waals surface area contributed by atoms with Crippen molar-refractivity contribution in [1.29, 1.82) is 5.26 Å². The summed E-state index contributed by atoms with van der Waals surface area (Å²) in [6, 6.07) is 11.1. The number of anilines is 2. The fourth-order valence-corrected chi connectivity index (χ4v) is 9.39. The van der Waals surface area contributed by atoms with Crippen LogP contribution in [0.3, 0.4) is 0 Å². The lowest BCUT2D eigenvalue weighted by molar-refractivity contribution is -0.134. The Labute approximate surface area is 321 Å². The molecule has 0 bridgehead atoms. The fourth-order valence-electron chi connectivity index (χ4n) is 8.45. The molecule has 284 valence electrons. The van der Waals surface area contributed by atoms with Gasteiger partial charge in [-0.2, -0.15) is 5.26 Å². The van der Waals surface area contributed by atoms with Crippen LogP contribution in [0.2, 0.25) is 5.02 Å². The number of amides is 4. The highest BCUT2D eigenvalue weighted by molar-refractivity contribution is 7.81. The molecule has 4 aliphatic rings. The summed E-state index contributed by atoms with van der Waals surface area (Å²) < 4.78 is 6.39. The molecule has 1 aromatic carbocycles. The molecule has 15 heteroatoms. The van der Waals surface area contributed by atoms with Gasteiger partial charge in [-0.05, 0) is 95.7 Å². The average Bonchev–Trinajstić information content (AvgIpc) is 3.29. The van der Waals surface area contributed by atoms with Gasteiger partial charge in [-0.3, -0.25) is 44.1 Å². The van der Waals surface area contributed by atoms with Gasteiger partial charge in [0.25, 0.3) is 0 Å². The maximum absolute atomic E-state index is 13.6. The Hall–Kier alpha value is -3.58. The molecule has 6 rings (SSSR count). The van der Waals surface area contributed by atoms with Crippen molar-refractivity contribution in [2.45, 2.75) is 107 Å². The predicted molar refractivity (Wildman–Crippen MR) is 204 cm³/mol. The lowest BCUT2D eigenvalue weighted by Gasteiger charge is -2.44. The summed E-state index contributed by atoms with van der Waals surface area (Å²) >= 11 is 11.2. The minimum Gasteiger partial charge on any atom is -0.377 e. The smallest absolute Gasteiger partial charge is 0.249 e. The zero-order valence-electron chi connectivity index (χ0n) is 30.8. The van der Waals surface area contributed by atoms with E-state index in [0.29, 0.717) is 35.1 Å². The maximum atomic E-state index is 13.6. The highest BCUT2D eigenvalue weighted by Gasteiger charge is 2.54. The molecular formula is C38H49ClN8O5S. The Kier molecular flexibility index (Phi) is 12.1. The van der Waals surface area contributed by atoms with Gasteiger partial charge < -0.3 is 10.1 Å². The van der Waals surface area contributed by atoms with Crippen molar-refractivity contribution in [2.24, 2.45) is 0 Å². The number of halogens is 1. The van der Waals surface area contributed by atoms with E-state index in [9.17, 15) is 24.4 Å². The van der Waals surface area contributed by atoms with E-state index >= 15 is 0 Å².